The molecule has 1 fully saturated rings. The molecule has 1 unspecified atom stereocenters. The van der Waals surface area contributed by atoms with Crippen molar-refractivity contribution in [2.24, 2.45) is 5.73 Å². The lowest BCUT2D eigenvalue weighted by molar-refractivity contribution is -0.155. The van der Waals surface area contributed by atoms with E-state index in [2.05, 4.69) is 21.3 Å². The molecule has 3 aromatic rings. The summed E-state index contributed by atoms with van der Waals surface area (Å²) in [5, 5.41) is 19.4. The molecular weight excluding hydrogens is 829 g/mol. The third kappa shape index (κ3) is 15.1. The Kier molecular flexibility index (Phi) is 18.2. The summed E-state index contributed by atoms with van der Waals surface area (Å²) in [6.45, 7) is 6.16. The van der Waals surface area contributed by atoms with E-state index in [0.717, 1.165) is 11.6 Å². The van der Waals surface area contributed by atoms with Crippen LogP contribution in [0.2, 0.25) is 0 Å². The maximum atomic E-state index is 14.6. The fraction of sp³-hybridized carbons (Fsp3) is 0.413. The molecule has 0 radical (unpaired) electrons. The smallest absolute Gasteiger partial charge is 0.335 e. The quantitative estimate of drug-likeness (QED) is 0.0628. The highest BCUT2D eigenvalue weighted by atomic mass is 16.6. The number of hydrogen-bond donors (Lipinski definition) is 6. The summed E-state index contributed by atoms with van der Waals surface area (Å²) in [7, 11) is 0. The van der Waals surface area contributed by atoms with Crippen molar-refractivity contribution in [2.45, 2.75) is 109 Å². The number of carboxylic acid groups (broad SMARTS) is 1. The zero-order valence-electron chi connectivity index (χ0n) is 36.3. The Morgan fingerprint density at radius 2 is 1.48 bits per heavy atom. The molecular formula is C46H56N6O12. The second-order valence-electron chi connectivity index (χ2n) is 16.3. The fourth-order valence-electron chi connectivity index (χ4n) is 6.94. The largest absolute Gasteiger partial charge is 0.478 e. The molecule has 0 bridgehead atoms. The van der Waals surface area contributed by atoms with Crippen molar-refractivity contribution in [2.75, 3.05) is 13.1 Å². The Hall–Kier alpha value is -6.95. The number of aromatic carboxylic acids is 1. The molecule has 1 aliphatic heterocycles. The van der Waals surface area contributed by atoms with Crippen LogP contribution in [0.1, 0.15) is 104 Å². The Morgan fingerprint density at radius 3 is 2.11 bits per heavy atom. The third-order valence-corrected chi connectivity index (χ3v) is 10.0. The summed E-state index contributed by atoms with van der Waals surface area (Å²) in [4.78, 5) is 119. The molecule has 1 saturated heterocycles. The molecule has 6 amide bonds. The van der Waals surface area contributed by atoms with E-state index in [4.69, 9.17) is 15.2 Å². The van der Waals surface area contributed by atoms with Gasteiger partial charge < -0.3 is 46.5 Å². The minimum atomic E-state index is -1.38. The molecule has 64 heavy (non-hydrogen) atoms. The number of hydrogen-bond acceptors (Lipinski definition) is 11. The van der Waals surface area contributed by atoms with Crippen LogP contribution < -0.4 is 27.0 Å². The summed E-state index contributed by atoms with van der Waals surface area (Å²) in [5.74, 6) is -8.02. The zero-order chi connectivity index (χ0) is 47.0. The second-order valence-corrected chi connectivity index (χ2v) is 16.3. The van der Waals surface area contributed by atoms with Crippen LogP contribution in [-0.4, -0.2) is 106 Å². The zero-order valence-corrected chi connectivity index (χ0v) is 36.3. The molecule has 18 heteroatoms. The number of likely N-dealkylation sites (tertiary alicyclic amines) is 1. The van der Waals surface area contributed by atoms with E-state index in [0.29, 0.717) is 12.0 Å². The lowest BCUT2D eigenvalue weighted by Crippen LogP contribution is -2.56. The first-order valence-electron chi connectivity index (χ1n) is 20.9. The van der Waals surface area contributed by atoms with E-state index in [1.165, 1.54) is 23.1 Å². The van der Waals surface area contributed by atoms with Crippen LogP contribution in [0, 0.1) is 0 Å². The summed E-state index contributed by atoms with van der Waals surface area (Å²) < 4.78 is 11.6. The average Bonchev–Trinajstić information content (AvgIpc) is 3.70. The Bertz CT molecular complexity index is 2160. The van der Waals surface area contributed by atoms with Gasteiger partial charge in [-0.1, -0.05) is 80.1 Å². The maximum Gasteiger partial charge on any atom is 0.335 e. The van der Waals surface area contributed by atoms with Crippen molar-refractivity contribution in [3.05, 3.63) is 107 Å². The number of ketones is 1. The van der Waals surface area contributed by atoms with Crippen molar-refractivity contribution < 1.29 is 57.7 Å². The highest BCUT2D eigenvalue weighted by molar-refractivity contribution is 6.38. The topological polar surface area (TPSA) is 270 Å². The van der Waals surface area contributed by atoms with Crippen LogP contribution in [0.3, 0.4) is 0 Å². The summed E-state index contributed by atoms with van der Waals surface area (Å²) >= 11 is 0. The second kappa shape index (κ2) is 23.5. The van der Waals surface area contributed by atoms with Crippen LogP contribution in [0.5, 0.6) is 0 Å². The SMILES string of the molecule is CCCC(NC(=O)[C@@H]1C[C@@H](OCc2ccccc2)CN1C(=O)[C@H](CCCC(=O)OC(C)(C)C)NC(=O)c1cccc(C(=O)O)c1)C(=O)C(=O)NCC(=O)N[C@H](C(N)=O)c1ccccc1. The van der Waals surface area contributed by atoms with Crippen molar-refractivity contribution >= 4 is 53.2 Å². The number of ether oxygens (including phenoxy) is 2. The number of Topliss-reactive ketones (excluding diaryl/α,β-unsaturated/α-hetero) is 1. The van der Waals surface area contributed by atoms with Gasteiger partial charge in [-0.25, -0.2) is 4.79 Å². The van der Waals surface area contributed by atoms with Gasteiger partial charge in [-0.2, -0.15) is 0 Å². The number of rotatable bonds is 22. The molecule has 0 saturated carbocycles. The number of benzene rings is 3. The number of primary amides is 1. The van der Waals surface area contributed by atoms with Gasteiger partial charge >= 0.3 is 11.9 Å². The first-order chi connectivity index (χ1) is 30.4. The van der Waals surface area contributed by atoms with E-state index in [1.54, 1.807) is 58.0 Å². The number of nitrogens with zero attached hydrogens (tertiary/aromatic N) is 1. The Balaban J connectivity index is 1.55. The third-order valence-electron chi connectivity index (χ3n) is 10.0. The van der Waals surface area contributed by atoms with Gasteiger partial charge in [-0.05, 0) is 69.4 Å². The van der Waals surface area contributed by atoms with Gasteiger partial charge in [0, 0.05) is 24.9 Å². The highest BCUT2D eigenvalue weighted by Crippen LogP contribution is 2.25. The molecule has 1 heterocycles. The molecule has 4 rings (SSSR count). The van der Waals surface area contributed by atoms with Crippen LogP contribution in [0.25, 0.3) is 0 Å². The van der Waals surface area contributed by atoms with Gasteiger partial charge in [0.05, 0.1) is 30.9 Å². The van der Waals surface area contributed by atoms with E-state index in [-0.39, 0.29) is 56.4 Å². The minimum Gasteiger partial charge on any atom is -0.478 e. The Labute approximate surface area is 371 Å². The Morgan fingerprint density at radius 1 is 0.828 bits per heavy atom. The van der Waals surface area contributed by atoms with Gasteiger partial charge in [-0.3, -0.25) is 38.4 Å². The average molecular weight is 885 g/mol. The van der Waals surface area contributed by atoms with E-state index < -0.39 is 95.6 Å². The minimum absolute atomic E-state index is 0.00923. The number of carboxylic acids is 1. The molecule has 342 valence electrons. The van der Waals surface area contributed by atoms with Crippen LogP contribution in [0.15, 0.2) is 84.9 Å². The van der Waals surface area contributed by atoms with Crippen molar-refractivity contribution in [1.29, 1.82) is 0 Å². The molecule has 0 aromatic heterocycles. The lowest BCUT2D eigenvalue weighted by Gasteiger charge is -2.29. The molecule has 7 N–H and O–H groups in total. The number of esters is 1. The van der Waals surface area contributed by atoms with Crippen LogP contribution in [-0.2, 0) is 49.6 Å². The summed E-state index contributed by atoms with van der Waals surface area (Å²) in [6.07, 6.45) is -0.504. The number of carbonyl (C=O) groups excluding carboxylic acids is 8. The molecule has 18 nitrogen and oxygen atoms in total. The maximum absolute atomic E-state index is 14.6. The van der Waals surface area contributed by atoms with Crippen molar-refractivity contribution in [1.82, 2.24) is 26.2 Å². The molecule has 1 aliphatic rings. The summed E-state index contributed by atoms with van der Waals surface area (Å²) in [6, 6.07) is 17.4. The van der Waals surface area contributed by atoms with Gasteiger partial charge in [0.25, 0.3) is 11.8 Å². The van der Waals surface area contributed by atoms with Crippen molar-refractivity contribution in [3.8, 4) is 0 Å². The first kappa shape index (κ1) is 49.7. The first-order valence-corrected chi connectivity index (χ1v) is 20.9. The normalized spacial score (nSPS) is 16.0. The predicted molar refractivity (Wildman–Crippen MR) is 231 cm³/mol. The summed E-state index contributed by atoms with van der Waals surface area (Å²) in [5.41, 5.74) is 5.72. The predicted octanol–water partition coefficient (Wildman–Crippen LogP) is 2.49. The van der Waals surface area contributed by atoms with Gasteiger partial charge in [0.2, 0.25) is 29.4 Å². The van der Waals surface area contributed by atoms with Gasteiger partial charge in [0.1, 0.15) is 23.7 Å². The van der Waals surface area contributed by atoms with E-state index in [9.17, 15) is 48.3 Å². The van der Waals surface area contributed by atoms with E-state index in [1.807, 2.05) is 30.3 Å². The fourth-order valence-corrected chi connectivity index (χ4v) is 6.94. The van der Waals surface area contributed by atoms with Crippen LogP contribution >= 0.6 is 0 Å². The lowest BCUT2D eigenvalue weighted by atomic mass is 10.0. The van der Waals surface area contributed by atoms with E-state index >= 15 is 0 Å². The molecule has 0 aliphatic carbocycles. The standard InChI is InChI=1S/C46H56N6O12/c1-5-14-33(39(55)43(59)48-25-36(53)51-38(40(47)56)29-17-10-7-11-18-29)49-42(58)35-24-32(63-27-28-15-8-6-9-16-28)26-52(35)44(60)34(21-13-22-37(54)64-46(2,3)4)50-41(57)30-19-12-20-31(23-30)45(61)62/h6-12,15-20,23,32-35,38H,5,13-14,21-22,24-27H2,1-4H3,(H2,47,56)(H,48,59)(H,49,58)(H,50,57)(H,51,53)(H,61,62)/t32-,33?,34+,35+,38+/m1/s1. The molecule has 0 spiro atoms. The number of nitrogens with two attached hydrogens (primary N) is 1. The number of carbonyl (C=O) groups is 9. The number of amides is 6. The monoisotopic (exact) mass is 884 g/mol. The van der Waals surface area contributed by atoms with Gasteiger partial charge in [0.15, 0.2) is 0 Å². The highest BCUT2D eigenvalue weighted by Gasteiger charge is 2.44. The van der Waals surface area contributed by atoms with Crippen LogP contribution in [0.4, 0.5) is 0 Å². The molecule has 5 atom stereocenters. The van der Waals surface area contributed by atoms with Gasteiger partial charge in [-0.15, -0.1) is 0 Å². The number of nitrogens with one attached hydrogen (secondary N) is 4. The molecule has 3 aromatic carbocycles. The van der Waals surface area contributed by atoms with Crippen molar-refractivity contribution in [3.63, 3.8) is 0 Å².